The van der Waals surface area contributed by atoms with Gasteiger partial charge in [0.15, 0.2) is 0 Å². The zero-order valence-corrected chi connectivity index (χ0v) is 12.3. The molecule has 3 atom stereocenters. The van der Waals surface area contributed by atoms with E-state index in [4.69, 9.17) is 11.6 Å². The van der Waals surface area contributed by atoms with Crippen LogP contribution in [0.4, 0.5) is 4.39 Å². The molecule has 0 aliphatic carbocycles. The second kappa shape index (κ2) is 5.08. The maximum Gasteiger partial charge on any atom is 0.136 e. The lowest BCUT2D eigenvalue weighted by Crippen LogP contribution is -2.21. The van der Waals surface area contributed by atoms with E-state index < -0.39 is 0 Å². The van der Waals surface area contributed by atoms with E-state index in [1.54, 1.807) is 6.07 Å². The van der Waals surface area contributed by atoms with Gasteiger partial charge in [0.1, 0.15) is 11.0 Å². The molecule has 2 aliphatic heterocycles. The Labute approximate surface area is 128 Å². The van der Waals surface area contributed by atoms with E-state index in [9.17, 15) is 4.39 Å². The Kier molecular flexibility index (Phi) is 3.20. The van der Waals surface area contributed by atoms with Gasteiger partial charge in [-0.05, 0) is 48.6 Å². The minimum Gasteiger partial charge on any atom is -0.311 e. The van der Waals surface area contributed by atoms with Crippen LogP contribution in [0.5, 0.6) is 0 Å². The number of halogens is 2. The number of fused-ring (bicyclic) bond motifs is 2. The van der Waals surface area contributed by atoms with Gasteiger partial charge in [0.05, 0.1) is 0 Å². The van der Waals surface area contributed by atoms with Gasteiger partial charge in [0.2, 0.25) is 0 Å². The van der Waals surface area contributed by atoms with Crippen molar-refractivity contribution in [3.63, 3.8) is 0 Å². The molecule has 2 saturated heterocycles. The first-order valence-corrected chi connectivity index (χ1v) is 7.76. The fourth-order valence-electron chi connectivity index (χ4n) is 3.72. The highest BCUT2D eigenvalue weighted by Gasteiger charge is 2.39. The summed E-state index contributed by atoms with van der Waals surface area (Å²) in [5.74, 6) is 0.247. The van der Waals surface area contributed by atoms with E-state index in [2.05, 4.69) is 16.4 Å². The van der Waals surface area contributed by atoms with E-state index in [1.165, 1.54) is 30.5 Å². The second-order valence-corrected chi connectivity index (χ2v) is 6.37. The van der Waals surface area contributed by atoms with Gasteiger partial charge in [-0.15, -0.1) is 0 Å². The van der Waals surface area contributed by atoms with Gasteiger partial charge < -0.3 is 5.32 Å². The number of hydrogen-bond acceptors (Lipinski definition) is 2. The zero-order valence-electron chi connectivity index (χ0n) is 11.5. The van der Waals surface area contributed by atoms with E-state index in [0.717, 1.165) is 17.5 Å². The first kappa shape index (κ1) is 13.2. The Morgan fingerprint density at radius 2 is 2.14 bits per heavy atom. The molecule has 2 aromatic rings. The first-order chi connectivity index (χ1) is 10.2. The molecule has 0 radical (unpaired) electrons. The monoisotopic (exact) mass is 302 g/mol. The molecule has 1 N–H and O–H groups in total. The van der Waals surface area contributed by atoms with Crippen molar-refractivity contribution in [2.75, 3.05) is 0 Å². The Bertz CT molecular complexity index is 688. The predicted octanol–water partition coefficient (Wildman–Crippen LogP) is 4.15. The number of hydrogen-bond donors (Lipinski definition) is 1. The van der Waals surface area contributed by atoms with Crippen molar-refractivity contribution in [1.82, 2.24) is 10.3 Å². The Morgan fingerprint density at radius 3 is 2.86 bits per heavy atom. The van der Waals surface area contributed by atoms with Crippen molar-refractivity contribution >= 4 is 11.6 Å². The third-order valence-electron chi connectivity index (χ3n) is 4.72. The van der Waals surface area contributed by atoms with Crippen LogP contribution in [0.1, 0.15) is 30.7 Å². The van der Waals surface area contributed by atoms with Crippen LogP contribution in [0.3, 0.4) is 0 Å². The Hall–Kier alpha value is -1.45. The molecule has 2 bridgehead atoms. The molecule has 4 rings (SSSR count). The summed E-state index contributed by atoms with van der Waals surface area (Å²) in [7, 11) is 0. The maximum atomic E-state index is 13.4. The Morgan fingerprint density at radius 1 is 1.24 bits per heavy atom. The molecule has 21 heavy (non-hydrogen) atoms. The van der Waals surface area contributed by atoms with Gasteiger partial charge in [0.25, 0.3) is 0 Å². The van der Waals surface area contributed by atoms with Gasteiger partial charge in [0, 0.05) is 29.8 Å². The number of benzene rings is 1. The fraction of sp³-hybridized carbons (Fsp3) is 0.353. The highest BCUT2D eigenvalue weighted by Crippen LogP contribution is 2.41. The summed E-state index contributed by atoms with van der Waals surface area (Å²) in [6, 6.07) is 9.80. The molecule has 108 valence electrons. The molecule has 4 heteroatoms. The third-order valence-corrected chi connectivity index (χ3v) is 5.03. The second-order valence-electron chi connectivity index (χ2n) is 6.01. The molecule has 1 aromatic heterocycles. The number of pyridine rings is 1. The lowest BCUT2D eigenvalue weighted by atomic mass is 9.84. The summed E-state index contributed by atoms with van der Waals surface area (Å²) in [6.07, 6.45) is 5.54. The first-order valence-electron chi connectivity index (χ1n) is 7.38. The minimum absolute atomic E-state index is 0.254. The number of nitrogens with zero attached hydrogens (tertiary/aromatic N) is 1. The average molecular weight is 303 g/mol. The number of aromatic nitrogens is 1. The van der Waals surface area contributed by atoms with Crippen LogP contribution in [-0.2, 0) is 0 Å². The molecule has 2 fully saturated rings. The maximum absolute atomic E-state index is 13.4. The molecule has 1 aromatic carbocycles. The van der Waals surface area contributed by atoms with Gasteiger partial charge >= 0.3 is 0 Å². The van der Waals surface area contributed by atoms with E-state index in [-0.39, 0.29) is 5.82 Å². The summed E-state index contributed by atoms with van der Waals surface area (Å²) >= 11 is 6.22. The molecular weight excluding hydrogens is 287 g/mol. The van der Waals surface area contributed by atoms with Crippen molar-refractivity contribution in [2.24, 2.45) is 0 Å². The molecule has 2 aliphatic rings. The van der Waals surface area contributed by atoms with Crippen LogP contribution < -0.4 is 5.32 Å². The molecular formula is C17H16ClFN2. The lowest BCUT2D eigenvalue weighted by Gasteiger charge is -2.21. The van der Waals surface area contributed by atoms with Gasteiger partial charge in [-0.3, -0.25) is 0 Å². The average Bonchev–Trinajstić information content (AvgIpc) is 3.10. The van der Waals surface area contributed by atoms with Crippen LogP contribution in [0.2, 0.25) is 5.15 Å². The quantitative estimate of drug-likeness (QED) is 0.843. The predicted molar refractivity (Wildman–Crippen MR) is 81.9 cm³/mol. The number of nitrogens with one attached hydrogen (secondary N) is 1. The molecule has 0 saturated carbocycles. The van der Waals surface area contributed by atoms with Crippen molar-refractivity contribution in [3.8, 4) is 11.1 Å². The molecule has 2 nitrogen and oxygen atoms in total. The summed E-state index contributed by atoms with van der Waals surface area (Å²) < 4.78 is 13.4. The summed E-state index contributed by atoms with van der Waals surface area (Å²) in [5.41, 5.74) is 2.81. The number of rotatable bonds is 2. The normalized spacial score (nSPS) is 27.2. The highest BCUT2D eigenvalue weighted by molar-refractivity contribution is 6.32. The van der Waals surface area contributed by atoms with Crippen molar-refractivity contribution in [2.45, 2.75) is 37.3 Å². The standard InChI is InChI=1S/C17H16ClFN2/c18-17-15(10-2-1-3-12(19)6-10)7-11(9-20-17)14-8-13-4-5-16(14)21-13/h1-3,6-7,9,13-14,16,21H,4-5,8H2/t13-,14+,16+/m0/s1. The van der Waals surface area contributed by atoms with Crippen LogP contribution in [0, 0.1) is 5.82 Å². The van der Waals surface area contributed by atoms with Crippen molar-refractivity contribution in [3.05, 3.63) is 53.1 Å². The van der Waals surface area contributed by atoms with Gasteiger partial charge in [-0.25, -0.2) is 9.37 Å². The molecule has 3 heterocycles. The SMILES string of the molecule is Fc1cccc(-c2cc([C@H]3C[C@@H]4CC[C@H]3N4)cnc2Cl)c1. The van der Waals surface area contributed by atoms with E-state index >= 15 is 0 Å². The van der Waals surface area contributed by atoms with Gasteiger partial charge in [-0.1, -0.05) is 23.7 Å². The minimum atomic E-state index is -0.254. The van der Waals surface area contributed by atoms with Crippen LogP contribution in [0.25, 0.3) is 11.1 Å². The zero-order chi connectivity index (χ0) is 14.4. The lowest BCUT2D eigenvalue weighted by molar-refractivity contribution is 0.505. The van der Waals surface area contributed by atoms with Crippen LogP contribution >= 0.6 is 11.6 Å². The van der Waals surface area contributed by atoms with Crippen LogP contribution in [0.15, 0.2) is 36.5 Å². The van der Waals surface area contributed by atoms with Crippen LogP contribution in [-0.4, -0.2) is 17.1 Å². The largest absolute Gasteiger partial charge is 0.311 e. The summed E-state index contributed by atoms with van der Waals surface area (Å²) in [5, 5.41) is 4.07. The van der Waals surface area contributed by atoms with E-state index in [0.29, 0.717) is 23.2 Å². The topological polar surface area (TPSA) is 24.9 Å². The summed E-state index contributed by atoms with van der Waals surface area (Å²) in [4.78, 5) is 4.33. The van der Waals surface area contributed by atoms with E-state index in [1.807, 2.05) is 12.3 Å². The molecule has 0 amide bonds. The summed E-state index contributed by atoms with van der Waals surface area (Å²) in [6.45, 7) is 0. The Balaban J connectivity index is 1.73. The highest BCUT2D eigenvalue weighted by atomic mass is 35.5. The molecule has 0 unspecified atom stereocenters. The third kappa shape index (κ3) is 2.34. The van der Waals surface area contributed by atoms with Gasteiger partial charge in [-0.2, -0.15) is 0 Å². The fourth-order valence-corrected chi connectivity index (χ4v) is 3.93. The molecule has 0 spiro atoms. The smallest absolute Gasteiger partial charge is 0.136 e. The van der Waals surface area contributed by atoms with Crippen molar-refractivity contribution in [1.29, 1.82) is 0 Å². The van der Waals surface area contributed by atoms with Crippen molar-refractivity contribution < 1.29 is 4.39 Å².